The van der Waals surface area contributed by atoms with Crippen molar-refractivity contribution in [2.24, 2.45) is 0 Å². The van der Waals surface area contributed by atoms with E-state index in [2.05, 4.69) is 24.3 Å². The maximum atomic E-state index is 12.8. The van der Waals surface area contributed by atoms with Crippen LogP contribution in [0.5, 0.6) is 5.75 Å². The van der Waals surface area contributed by atoms with Crippen molar-refractivity contribution >= 4 is 0 Å². The molecule has 2 heteroatoms. The molecule has 0 aliphatic heterocycles. The Labute approximate surface area is 113 Å². The van der Waals surface area contributed by atoms with Gasteiger partial charge in [-0.3, -0.25) is 0 Å². The molecular weight excluding hydrogens is 239 g/mol. The molecule has 0 aromatic heterocycles. The second-order valence-corrected chi connectivity index (χ2v) is 5.05. The SMILES string of the molecule is Fc1ccc(OCC2CCCc3ccccc32)cc1. The molecule has 1 aliphatic carbocycles. The van der Waals surface area contributed by atoms with Gasteiger partial charge < -0.3 is 4.74 Å². The minimum Gasteiger partial charge on any atom is -0.493 e. The van der Waals surface area contributed by atoms with Crippen LogP contribution >= 0.6 is 0 Å². The number of halogens is 1. The first kappa shape index (κ1) is 12.2. The van der Waals surface area contributed by atoms with Crippen LogP contribution in [0.1, 0.15) is 29.9 Å². The van der Waals surface area contributed by atoms with Crippen molar-refractivity contribution in [2.45, 2.75) is 25.2 Å². The van der Waals surface area contributed by atoms with Crippen LogP contribution in [0.4, 0.5) is 4.39 Å². The molecule has 1 aliphatic rings. The van der Waals surface area contributed by atoms with E-state index in [9.17, 15) is 4.39 Å². The Balaban J connectivity index is 1.69. The van der Waals surface area contributed by atoms with Gasteiger partial charge in [0.25, 0.3) is 0 Å². The summed E-state index contributed by atoms with van der Waals surface area (Å²) in [5, 5.41) is 0. The van der Waals surface area contributed by atoms with Gasteiger partial charge in [0.2, 0.25) is 0 Å². The topological polar surface area (TPSA) is 9.23 Å². The monoisotopic (exact) mass is 256 g/mol. The van der Waals surface area contributed by atoms with E-state index in [1.165, 1.54) is 36.1 Å². The molecule has 1 unspecified atom stereocenters. The Bertz CT molecular complexity index is 547. The molecule has 2 aromatic carbocycles. The molecule has 98 valence electrons. The van der Waals surface area contributed by atoms with Crippen molar-refractivity contribution in [3.63, 3.8) is 0 Å². The number of hydrogen-bond donors (Lipinski definition) is 0. The Morgan fingerprint density at radius 3 is 2.68 bits per heavy atom. The van der Waals surface area contributed by atoms with Crippen LogP contribution in [0, 0.1) is 5.82 Å². The van der Waals surface area contributed by atoms with E-state index in [4.69, 9.17) is 4.74 Å². The number of aryl methyl sites for hydroxylation is 1. The molecule has 3 rings (SSSR count). The third-order valence-corrected chi connectivity index (χ3v) is 3.76. The van der Waals surface area contributed by atoms with Crippen molar-refractivity contribution in [3.05, 3.63) is 65.5 Å². The van der Waals surface area contributed by atoms with Gasteiger partial charge in [0.1, 0.15) is 11.6 Å². The summed E-state index contributed by atoms with van der Waals surface area (Å²) in [6, 6.07) is 14.8. The summed E-state index contributed by atoms with van der Waals surface area (Å²) in [4.78, 5) is 0. The molecule has 19 heavy (non-hydrogen) atoms. The van der Waals surface area contributed by atoms with Gasteiger partial charge in [0, 0.05) is 5.92 Å². The van der Waals surface area contributed by atoms with Crippen LogP contribution in [0.25, 0.3) is 0 Å². The van der Waals surface area contributed by atoms with Crippen molar-refractivity contribution in [3.8, 4) is 5.75 Å². The van der Waals surface area contributed by atoms with E-state index in [1.807, 2.05) is 0 Å². The minimum atomic E-state index is -0.227. The Morgan fingerprint density at radius 1 is 1.05 bits per heavy atom. The number of benzene rings is 2. The largest absolute Gasteiger partial charge is 0.493 e. The van der Waals surface area contributed by atoms with E-state index in [0.717, 1.165) is 12.2 Å². The van der Waals surface area contributed by atoms with E-state index in [1.54, 1.807) is 12.1 Å². The van der Waals surface area contributed by atoms with Crippen molar-refractivity contribution in [1.82, 2.24) is 0 Å². The standard InChI is InChI=1S/C17H17FO/c18-15-8-10-16(11-9-15)19-12-14-6-3-5-13-4-1-2-7-17(13)14/h1-2,4,7-11,14H,3,5-6,12H2. The predicted octanol–water partition coefficient (Wildman–Crippen LogP) is 4.32. The van der Waals surface area contributed by atoms with Crippen molar-refractivity contribution < 1.29 is 9.13 Å². The molecule has 2 aromatic rings. The molecule has 0 radical (unpaired) electrons. The minimum absolute atomic E-state index is 0.227. The summed E-state index contributed by atoms with van der Waals surface area (Å²) in [5.74, 6) is 0.967. The molecule has 1 nitrogen and oxygen atoms in total. The summed E-state index contributed by atoms with van der Waals surface area (Å²) >= 11 is 0. The second-order valence-electron chi connectivity index (χ2n) is 5.05. The van der Waals surface area contributed by atoms with Gasteiger partial charge in [-0.25, -0.2) is 4.39 Å². The maximum absolute atomic E-state index is 12.8. The summed E-state index contributed by atoms with van der Waals surface area (Å²) in [7, 11) is 0. The third kappa shape index (κ3) is 2.78. The number of fused-ring (bicyclic) bond motifs is 1. The van der Waals surface area contributed by atoms with Crippen LogP contribution in [0.2, 0.25) is 0 Å². The van der Waals surface area contributed by atoms with Gasteiger partial charge in [-0.2, -0.15) is 0 Å². The third-order valence-electron chi connectivity index (χ3n) is 3.76. The second kappa shape index (κ2) is 5.43. The van der Waals surface area contributed by atoms with Crippen molar-refractivity contribution in [1.29, 1.82) is 0 Å². The highest BCUT2D eigenvalue weighted by Gasteiger charge is 2.20. The number of ether oxygens (including phenoxy) is 1. The highest BCUT2D eigenvalue weighted by Crippen LogP contribution is 2.31. The van der Waals surface area contributed by atoms with Gasteiger partial charge in [0.15, 0.2) is 0 Å². The smallest absolute Gasteiger partial charge is 0.123 e. The van der Waals surface area contributed by atoms with Crippen LogP contribution < -0.4 is 4.74 Å². The first-order valence-corrected chi connectivity index (χ1v) is 6.79. The molecule has 0 saturated heterocycles. The lowest BCUT2D eigenvalue weighted by Crippen LogP contribution is -2.16. The zero-order valence-corrected chi connectivity index (χ0v) is 10.8. The summed E-state index contributed by atoms with van der Waals surface area (Å²) < 4.78 is 18.6. The van der Waals surface area contributed by atoms with Gasteiger partial charge in [0.05, 0.1) is 6.61 Å². The average molecular weight is 256 g/mol. The zero-order chi connectivity index (χ0) is 13.1. The summed E-state index contributed by atoms with van der Waals surface area (Å²) in [6.45, 7) is 0.669. The zero-order valence-electron chi connectivity index (χ0n) is 10.8. The highest BCUT2D eigenvalue weighted by atomic mass is 19.1. The highest BCUT2D eigenvalue weighted by molar-refractivity contribution is 5.33. The molecule has 0 heterocycles. The lowest BCUT2D eigenvalue weighted by Gasteiger charge is -2.25. The molecule has 0 fully saturated rings. The molecule has 0 N–H and O–H groups in total. The van der Waals surface area contributed by atoms with Crippen LogP contribution in [0.15, 0.2) is 48.5 Å². The maximum Gasteiger partial charge on any atom is 0.123 e. The van der Waals surface area contributed by atoms with Gasteiger partial charge in [-0.15, -0.1) is 0 Å². The van der Waals surface area contributed by atoms with Crippen LogP contribution in [0.3, 0.4) is 0 Å². The molecule has 0 saturated carbocycles. The quantitative estimate of drug-likeness (QED) is 0.794. The molecule has 0 spiro atoms. The molecule has 0 amide bonds. The lowest BCUT2D eigenvalue weighted by molar-refractivity contribution is 0.274. The predicted molar refractivity (Wildman–Crippen MR) is 74.0 cm³/mol. The fraction of sp³-hybridized carbons (Fsp3) is 0.294. The summed E-state index contributed by atoms with van der Waals surface area (Å²) in [5.41, 5.74) is 2.86. The lowest BCUT2D eigenvalue weighted by atomic mass is 9.83. The molecular formula is C17H17FO. The van der Waals surface area contributed by atoms with Crippen molar-refractivity contribution in [2.75, 3.05) is 6.61 Å². The van der Waals surface area contributed by atoms with E-state index < -0.39 is 0 Å². The number of hydrogen-bond acceptors (Lipinski definition) is 1. The Morgan fingerprint density at radius 2 is 1.84 bits per heavy atom. The van der Waals surface area contributed by atoms with Crippen LogP contribution in [-0.4, -0.2) is 6.61 Å². The fourth-order valence-corrected chi connectivity index (χ4v) is 2.76. The summed E-state index contributed by atoms with van der Waals surface area (Å²) in [6.07, 6.45) is 3.55. The fourth-order valence-electron chi connectivity index (χ4n) is 2.76. The normalized spacial score (nSPS) is 17.8. The van der Waals surface area contributed by atoms with E-state index in [0.29, 0.717) is 12.5 Å². The van der Waals surface area contributed by atoms with Gasteiger partial charge in [-0.05, 0) is 54.7 Å². The van der Waals surface area contributed by atoms with E-state index in [-0.39, 0.29) is 5.82 Å². The number of rotatable bonds is 3. The first-order valence-electron chi connectivity index (χ1n) is 6.79. The Hall–Kier alpha value is -1.83. The van der Waals surface area contributed by atoms with Gasteiger partial charge in [-0.1, -0.05) is 24.3 Å². The molecule has 0 bridgehead atoms. The molecule has 1 atom stereocenters. The first-order chi connectivity index (χ1) is 9.33. The van der Waals surface area contributed by atoms with Gasteiger partial charge >= 0.3 is 0 Å². The van der Waals surface area contributed by atoms with E-state index >= 15 is 0 Å². The average Bonchev–Trinajstić information content (AvgIpc) is 2.47. The van der Waals surface area contributed by atoms with Crippen LogP contribution in [-0.2, 0) is 6.42 Å². The Kier molecular flexibility index (Phi) is 3.49.